The fourth-order valence-electron chi connectivity index (χ4n) is 3.87. The summed E-state index contributed by atoms with van der Waals surface area (Å²) in [6, 6.07) is 12.2. The van der Waals surface area contributed by atoms with Gasteiger partial charge in [-0.25, -0.2) is 4.79 Å². The zero-order chi connectivity index (χ0) is 24.6. The summed E-state index contributed by atoms with van der Waals surface area (Å²) in [5, 5.41) is 28.8. The molecule has 2 atom stereocenters. The Morgan fingerprint density at radius 1 is 1.09 bits per heavy atom. The van der Waals surface area contributed by atoms with Gasteiger partial charge in [0.25, 0.3) is 0 Å². The van der Waals surface area contributed by atoms with Crippen LogP contribution < -0.4 is 14.2 Å². The first kappa shape index (κ1) is 25.3. The Morgan fingerprint density at radius 2 is 1.82 bits per heavy atom. The lowest BCUT2D eigenvalue weighted by atomic mass is 9.91. The zero-order valence-electron chi connectivity index (χ0n) is 19.1. The SMILES string of the molecule is COc1ccc(OC[C@H](O)COc2cccc(CC3(C(=O)O)CCCO3)c2)cc1CCC(=O)O. The minimum Gasteiger partial charge on any atom is -0.496 e. The van der Waals surface area contributed by atoms with Crippen LogP contribution in [0.5, 0.6) is 17.2 Å². The standard InChI is InChI=1S/C25H30O9/c1-31-22-8-7-21(13-18(22)6-9-23(27)28)33-16-19(26)15-32-20-5-2-4-17(12-20)14-25(24(29)30)10-3-11-34-25/h2,4-5,7-8,12-13,19,26H,3,6,9-11,14-16H2,1H3,(H,27,28)(H,29,30)/t19-,25?/m1/s1. The van der Waals surface area contributed by atoms with Gasteiger partial charge in [-0.2, -0.15) is 0 Å². The predicted octanol–water partition coefficient (Wildman–Crippen LogP) is 2.71. The Morgan fingerprint density at radius 3 is 2.44 bits per heavy atom. The van der Waals surface area contributed by atoms with Gasteiger partial charge in [0, 0.05) is 19.4 Å². The van der Waals surface area contributed by atoms with Crippen LogP contribution >= 0.6 is 0 Å². The smallest absolute Gasteiger partial charge is 0.336 e. The maximum absolute atomic E-state index is 11.7. The minimum atomic E-state index is -1.20. The number of methoxy groups -OCH3 is 1. The van der Waals surface area contributed by atoms with Crippen LogP contribution in [0, 0.1) is 0 Å². The molecule has 1 unspecified atom stereocenters. The number of aryl methyl sites for hydroxylation is 1. The summed E-state index contributed by atoms with van der Waals surface area (Å²) in [6.07, 6.45) is 0.765. The van der Waals surface area contributed by atoms with Crippen LogP contribution in [-0.4, -0.2) is 65.9 Å². The van der Waals surface area contributed by atoms with Gasteiger partial charge in [-0.15, -0.1) is 0 Å². The molecule has 1 aliphatic heterocycles. The van der Waals surface area contributed by atoms with Crippen molar-refractivity contribution in [1.29, 1.82) is 0 Å². The third-order valence-corrected chi connectivity index (χ3v) is 5.63. The number of aliphatic hydroxyl groups excluding tert-OH is 1. The van der Waals surface area contributed by atoms with Crippen LogP contribution in [0.3, 0.4) is 0 Å². The number of carboxylic acids is 2. The molecule has 3 rings (SSSR count). The largest absolute Gasteiger partial charge is 0.496 e. The van der Waals surface area contributed by atoms with Crippen molar-refractivity contribution < 1.29 is 43.9 Å². The summed E-state index contributed by atoms with van der Waals surface area (Å²) in [4.78, 5) is 22.6. The Balaban J connectivity index is 1.52. The highest BCUT2D eigenvalue weighted by molar-refractivity contribution is 5.78. The van der Waals surface area contributed by atoms with Gasteiger partial charge in [-0.3, -0.25) is 4.79 Å². The second-order valence-electron chi connectivity index (χ2n) is 8.22. The van der Waals surface area contributed by atoms with Gasteiger partial charge < -0.3 is 34.3 Å². The molecule has 184 valence electrons. The summed E-state index contributed by atoms with van der Waals surface area (Å²) >= 11 is 0. The Labute approximate surface area is 197 Å². The molecule has 2 aromatic carbocycles. The first-order valence-electron chi connectivity index (χ1n) is 11.1. The Bertz CT molecular complexity index is 982. The average molecular weight is 475 g/mol. The molecule has 34 heavy (non-hydrogen) atoms. The van der Waals surface area contributed by atoms with Crippen LogP contribution in [0.2, 0.25) is 0 Å². The van der Waals surface area contributed by atoms with Gasteiger partial charge in [0.1, 0.15) is 36.6 Å². The third-order valence-electron chi connectivity index (χ3n) is 5.63. The van der Waals surface area contributed by atoms with Crippen LogP contribution in [-0.2, 0) is 27.2 Å². The van der Waals surface area contributed by atoms with E-state index >= 15 is 0 Å². The summed E-state index contributed by atoms with van der Waals surface area (Å²) in [5.74, 6) is -0.300. The van der Waals surface area contributed by atoms with E-state index in [1.165, 1.54) is 7.11 Å². The van der Waals surface area contributed by atoms with E-state index in [1.807, 2.05) is 6.07 Å². The molecule has 0 aromatic heterocycles. The molecule has 0 bridgehead atoms. The van der Waals surface area contributed by atoms with Crippen molar-refractivity contribution in [3.8, 4) is 17.2 Å². The number of carbonyl (C=O) groups is 2. The van der Waals surface area contributed by atoms with Gasteiger partial charge >= 0.3 is 11.9 Å². The number of ether oxygens (including phenoxy) is 4. The van der Waals surface area contributed by atoms with E-state index in [0.717, 1.165) is 5.56 Å². The molecular formula is C25H30O9. The van der Waals surface area contributed by atoms with Crippen molar-refractivity contribution in [2.45, 2.75) is 43.8 Å². The summed E-state index contributed by atoms with van der Waals surface area (Å²) in [7, 11) is 1.51. The Kier molecular flexibility index (Phi) is 8.72. The lowest BCUT2D eigenvalue weighted by Crippen LogP contribution is -2.40. The lowest BCUT2D eigenvalue weighted by molar-refractivity contribution is -0.159. The molecule has 9 nitrogen and oxygen atoms in total. The highest BCUT2D eigenvalue weighted by Crippen LogP contribution is 2.31. The van der Waals surface area contributed by atoms with Crippen molar-refractivity contribution in [3.05, 3.63) is 53.6 Å². The molecular weight excluding hydrogens is 444 g/mol. The van der Waals surface area contributed by atoms with Crippen molar-refractivity contribution in [3.63, 3.8) is 0 Å². The fraction of sp³-hybridized carbons (Fsp3) is 0.440. The second-order valence-corrected chi connectivity index (χ2v) is 8.22. The maximum atomic E-state index is 11.7. The monoisotopic (exact) mass is 474 g/mol. The van der Waals surface area contributed by atoms with E-state index < -0.39 is 23.6 Å². The van der Waals surface area contributed by atoms with E-state index in [2.05, 4.69) is 0 Å². The molecule has 0 spiro atoms. The third kappa shape index (κ3) is 6.85. The molecule has 1 fully saturated rings. The maximum Gasteiger partial charge on any atom is 0.336 e. The number of hydrogen-bond acceptors (Lipinski definition) is 7. The van der Waals surface area contributed by atoms with Crippen molar-refractivity contribution in [1.82, 2.24) is 0 Å². The quantitative estimate of drug-likeness (QED) is 0.401. The molecule has 9 heteroatoms. The van der Waals surface area contributed by atoms with Gasteiger partial charge in [0.2, 0.25) is 0 Å². The molecule has 0 aliphatic carbocycles. The molecule has 0 radical (unpaired) electrons. The lowest BCUT2D eigenvalue weighted by Gasteiger charge is -2.23. The van der Waals surface area contributed by atoms with E-state index in [-0.39, 0.29) is 26.1 Å². The number of aliphatic hydroxyl groups is 1. The second kappa shape index (κ2) is 11.7. The van der Waals surface area contributed by atoms with Gasteiger partial charge in [0.15, 0.2) is 5.60 Å². The molecule has 2 aromatic rings. The van der Waals surface area contributed by atoms with Crippen LogP contribution in [0.1, 0.15) is 30.4 Å². The first-order chi connectivity index (χ1) is 16.3. The predicted molar refractivity (Wildman–Crippen MR) is 122 cm³/mol. The van der Waals surface area contributed by atoms with E-state index in [0.29, 0.717) is 48.7 Å². The van der Waals surface area contributed by atoms with Crippen molar-refractivity contribution >= 4 is 11.9 Å². The van der Waals surface area contributed by atoms with Gasteiger partial charge in [-0.05, 0) is 60.7 Å². The Hall–Kier alpha value is -3.30. The topological polar surface area (TPSA) is 132 Å². The van der Waals surface area contributed by atoms with E-state index in [4.69, 9.17) is 24.1 Å². The molecule has 0 amide bonds. The van der Waals surface area contributed by atoms with Gasteiger partial charge in [-0.1, -0.05) is 12.1 Å². The highest BCUT2D eigenvalue weighted by Gasteiger charge is 2.42. The number of hydrogen-bond donors (Lipinski definition) is 3. The van der Waals surface area contributed by atoms with Gasteiger partial charge in [0.05, 0.1) is 7.11 Å². The normalized spacial score (nSPS) is 18.3. The number of benzene rings is 2. The van der Waals surface area contributed by atoms with E-state index in [1.54, 1.807) is 36.4 Å². The minimum absolute atomic E-state index is 0.0218. The number of aliphatic carboxylic acids is 2. The van der Waals surface area contributed by atoms with Crippen LogP contribution in [0.4, 0.5) is 0 Å². The highest BCUT2D eigenvalue weighted by atomic mass is 16.5. The van der Waals surface area contributed by atoms with Crippen LogP contribution in [0.15, 0.2) is 42.5 Å². The molecule has 1 saturated heterocycles. The average Bonchev–Trinajstić information content (AvgIpc) is 3.30. The zero-order valence-corrected chi connectivity index (χ0v) is 19.1. The number of rotatable bonds is 13. The van der Waals surface area contributed by atoms with Crippen molar-refractivity contribution in [2.24, 2.45) is 0 Å². The first-order valence-corrected chi connectivity index (χ1v) is 11.1. The molecule has 0 saturated carbocycles. The van der Waals surface area contributed by atoms with E-state index in [9.17, 15) is 19.8 Å². The summed E-state index contributed by atoms with van der Waals surface area (Å²) in [6.45, 7) is 0.385. The molecule has 1 aliphatic rings. The van der Waals surface area contributed by atoms with Crippen molar-refractivity contribution in [2.75, 3.05) is 26.9 Å². The molecule has 3 N–H and O–H groups in total. The number of carboxylic acid groups (broad SMARTS) is 2. The molecule has 1 heterocycles. The summed E-state index contributed by atoms with van der Waals surface area (Å²) in [5.41, 5.74) is 0.281. The fourth-order valence-corrected chi connectivity index (χ4v) is 3.87. The summed E-state index contributed by atoms with van der Waals surface area (Å²) < 4.78 is 22.1. The van der Waals surface area contributed by atoms with Crippen LogP contribution in [0.25, 0.3) is 0 Å².